The van der Waals surface area contributed by atoms with Crippen molar-refractivity contribution in [1.29, 1.82) is 0 Å². The van der Waals surface area contributed by atoms with Gasteiger partial charge in [-0.25, -0.2) is 4.39 Å². The van der Waals surface area contributed by atoms with E-state index < -0.39 is 6.04 Å². The number of nitrogens with one attached hydrogen (secondary N) is 1. The number of aryl methyl sites for hydroxylation is 1. The van der Waals surface area contributed by atoms with Crippen molar-refractivity contribution in [3.05, 3.63) is 71.0 Å². The van der Waals surface area contributed by atoms with Crippen molar-refractivity contribution in [2.24, 2.45) is 0 Å². The Bertz CT molecular complexity index is 785. The van der Waals surface area contributed by atoms with Crippen LogP contribution < -0.4 is 5.32 Å². The van der Waals surface area contributed by atoms with Crippen LogP contribution in [0.1, 0.15) is 49.8 Å². The zero-order valence-corrected chi connectivity index (χ0v) is 17.0. The lowest BCUT2D eigenvalue weighted by atomic mass is 10.00. The van der Waals surface area contributed by atoms with Gasteiger partial charge in [0, 0.05) is 20.0 Å². The fourth-order valence-electron chi connectivity index (χ4n) is 3.04. The van der Waals surface area contributed by atoms with E-state index in [1.165, 1.54) is 17.7 Å². The molecule has 5 heteroatoms. The number of likely N-dealkylation sites (N-methyl/N-ethyl adjacent to an activating group) is 1. The topological polar surface area (TPSA) is 49.4 Å². The van der Waals surface area contributed by atoms with Crippen LogP contribution in [0.25, 0.3) is 0 Å². The van der Waals surface area contributed by atoms with Gasteiger partial charge >= 0.3 is 0 Å². The highest BCUT2D eigenvalue weighted by atomic mass is 19.1. The summed E-state index contributed by atoms with van der Waals surface area (Å²) in [5.41, 5.74) is 3.14. The number of amides is 2. The third-order valence-electron chi connectivity index (χ3n) is 4.95. The molecular formula is C23H29FN2O2. The average molecular weight is 384 g/mol. The molecule has 0 unspecified atom stereocenters. The first-order valence-corrected chi connectivity index (χ1v) is 9.66. The number of rotatable bonds is 8. The van der Waals surface area contributed by atoms with Crippen LogP contribution in [0.3, 0.4) is 0 Å². The van der Waals surface area contributed by atoms with Crippen molar-refractivity contribution in [3.8, 4) is 0 Å². The maximum Gasteiger partial charge on any atom is 0.242 e. The van der Waals surface area contributed by atoms with Crippen molar-refractivity contribution in [3.63, 3.8) is 0 Å². The predicted molar refractivity (Wildman–Crippen MR) is 109 cm³/mol. The van der Waals surface area contributed by atoms with Gasteiger partial charge in [-0.15, -0.1) is 0 Å². The SMILES string of the molecule is CNC(=O)[C@H](C)N(Cc1ccc(F)cc1)C(=O)CCc1ccc(C(C)C)cc1. The summed E-state index contributed by atoms with van der Waals surface area (Å²) in [6, 6.07) is 13.7. The number of hydrogen-bond donors (Lipinski definition) is 1. The first-order valence-electron chi connectivity index (χ1n) is 9.66. The highest BCUT2D eigenvalue weighted by molar-refractivity contribution is 5.87. The second-order valence-corrected chi connectivity index (χ2v) is 7.33. The first kappa shape index (κ1) is 21.6. The summed E-state index contributed by atoms with van der Waals surface area (Å²) in [6.45, 7) is 6.26. The molecule has 0 saturated carbocycles. The molecule has 0 radical (unpaired) electrons. The standard InChI is InChI=1S/C23H29FN2O2/c1-16(2)20-10-5-18(6-11-20)9-14-22(27)26(17(3)23(28)25-4)15-19-7-12-21(24)13-8-19/h5-8,10-13,16-17H,9,14-15H2,1-4H3,(H,25,28)/t17-/m0/s1. The highest BCUT2D eigenvalue weighted by Gasteiger charge is 2.25. The Balaban J connectivity index is 2.09. The number of benzene rings is 2. The number of carbonyl (C=O) groups excluding carboxylic acids is 2. The Morgan fingerprint density at radius 3 is 2.07 bits per heavy atom. The van der Waals surface area contributed by atoms with Gasteiger partial charge in [-0.1, -0.05) is 50.2 Å². The molecule has 0 fully saturated rings. The molecule has 2 amide bonds. The molecule has 0 bridgehead atoms. The second kappa shape index (κ2) is 10.0. The van der Waals surface area contributed by atoms with Gasteiger partial charge in [-0.2, -0.15) is 0 Å². The van der Waals surface area contributed by atoms with Crippen LogP contribution in [0.4, 0.5) is 4.39 Å². The summed E-state index contributed by atoms with van der Waals surface area (Å²) in [6.07, 6.45) is 0.918. The fourth-order valence-corrected chi connectivity index (χ4v) is 3.04. The third-order valence-corrected chi connectivity index (χ3v) is 4.95. The van der Waals surface area contributed by atoms with Crippen molar-refractivity contribution in [2.45, 2.75) is 52.1 Å². The lowest BCUT2D eigenvalue weighted by Gasteiger charge is -2.28. The molecule has 150 valence electrons. The average Bonchev–Trinajstić information content (AvgIpc) is 2.70. The molecule has 28 heavy (non-hydrogen) atoms. The van der Waals surface area contributed by atoms with E-state index in [1.807, 2.05) is 0 Å². The largest absolute Gasteiger partial charge is 0.357 e. The van der Waals surface area contributed by atoms with E-state index in [1.54, 1.807) is 31.0 Å². The van der Waals surface area contributed by atoms with Crippen LogP contribution in [0, 0.1) is 5.82 Å². The van der Waals surface area contributed by atoms with Crippen molar-refractivity contribution < 1.29 is 14.0 Å². The van der Waals surface area contributed by atoms with Gasteiger partial charge in [-0.05, 0) is 48.1 Å². The molecule has 0 heterocycles. The van der Waals surface area contributed by atoms with Crippen LogP contribution in [0.15, 0.2) is 48.5 Å². The maximum absolute atomic E-state index is 13.2. The zero-order valence-electron chi connectivity index (χ0n) is 17.0. The van der Waals surface area contributed by atoms with E-state index in [4.69, 9.17) is 0 Å². The molecule has 2 rings (SSSR count). The molecule has 0 aliphatic carbocycles. The molecule has 1 atom stereocenters. The maximum atomic E-state index is 13.2. The smallest absolute Gasteiger partial charge is 0.242 e. The third kappa shape index (κ3) is 5.91. The number of hydrogen-bond acceptors (Lipinski definition) is 2. The molecule has 0 spiro atoms. The van der Waals surface area contributed by atoms with Crippen LogP contribution in [-0.4, -0.2) is 29.8 Å². The van der Waals surface area contributed by atoms with E-state index in [0.717, 1.165) is 11.1 Å². The monoisotopic (exact) mass is 384 g/mol. The Labute approximate surface area is 166 Å². The van der Waals surface area contributed by atoms with E-state index >= 15 is 0 Å². The minimum atomic E-state index is -0.606. The van der Waals surface area contributed by atoms with E-state index in [-0.39, 0.29) is 24.2 Å². The predicted octanol–water partition coefficient (Wildman–Crippen LogP) is 4.05. The highest BCUT2D eigenvalue weighted by Crippen LogP contribution is 2.17. The van der Waals surface area contributed by atoms with Crippen LogP contribution in [0.2, 0.25) is 0 Å². The first-order chi connectivity index (χ1) is 13.3. The zero-order chi connectivity index (χ0) is 20.7. The number of nitrogens with zero attached hydrogens (tertiary/aromatic N) is 1. The second-order valence-electron chi connectivity index (χ2n) is 7.33. The molecule has 1 N–H and O–H groups in total. The van der Waals surface area contributed by atoms with Gasteiger partial charge in [0.25, 0.3) is 0 Å². The molecular weight excluding hydrogens is 355 g/mol. The van der Waals surface area contributed by atoms with Crippen molar-refractivity contribution >= 4 is 11.8 Å². The molecule has 2 aromatic carbocycles. The summed E-state index contributed by atoms with van der Waals surface area (Å²) >= 11 is 0. The Morgan fingerprint density at radius 1 is 0.964 bits per heavy atom. The number of carbonyl (C=O) groups is 2. The summed E-state index contributed by atoms with van der Waals surface area (Å²) in [7, 11) is 1.55. The van der Waals surface area contributed by atoms with E-state index in [2.05, 4.69) is 43.4 Å². The van der Waals surface area contributed by atoms with Crippen molar-refractivity contribution in [2.75, 3.05) is 7.05 Å². The van der Waals surface area contributed by atoms with Crippen LogP contribution in [0.5, 0.6) is 0 Å². The normalized spacial score (nSPS) is 11.9. The van der Waals surface area contributed by atoms with E-state index in [0.29, 0.717) is 18.8 Å². The van der Waals surface area contributed by atoms with Crippen LogP contribution in [-0.2, 0) is 22.6 Å². The van der Waals surface area contributed by atoms with Gasteiger partial charge in [-0.3, -0.25) is 9.59 Å². The Morgan fingerprint density at radius 2 is 1.54 bits per heavy atom. The van der Waals surface area contributed by atoms with Gasteiger partial charge in [0.1, 0.15) is 11.9 Å². The van der Waals surface area contributed by atoms with Crippen molar-refractivity contribution in [1.82, 2.24) is 10.2 Å². The van der Waals surface area contributed by atoms with Gasteiger partial charge in [0.05, 0.1) is 0 Å². The molecule has 0 aromatic heterocycles. The molecule has 2 aromatic rings. The number of halogens is 1. The Hall–Kier alpha value is -2.69. The molecule has 0 saturated heterocycles. The lowest BCUT2D eigenvalue weighted by Crippen LogP contribution is -2.46. The quantitative estimate of drug-likeness (QED) is 0.747. The molecule has 0 aliphatic rings. The lowest BCUT2D eigenvalue weighted by molar-refractivity contribution is -0.140. The summed E-state index contributed by atoms with van der Waals surface area (Å²) < 4.78 is 13.2. The summed E-state index contributed by atoms with van der Waals surface area (Å²) in [5, 5.41) is 2.59. The van der Waals surface area contributed by atoms with Gasteiger partial charge < -0.3 is 10.2 Å². The summed E-state index contributed by atoms with van der Waals surface area (Å²) in [4.78, 5) is 26.6. The van der Waals surface area contributed by atoms with Gasteiger partial charge in [0.15, 0.2) is 0 Å². The van der Waals surface area contributed by atoms with E-state index in [9.17, 15) is 14.0 Å². The Kier molecular flexibility index (Phi) is 7.73. The van der Waals surface area contributed by atoms with Crippen LogP contribution >= 0.6 is 0 Å². The minimum absolute atomic E-state index is 0.103. The molecule has 4 nitrogen and oxygen atoms in total. The van der Waals surface area contributed by atoms with Gasteiger partial charge in [0.2, 0.25) is 11.8 Å². The molecule has 0 aliphatic heterocycles. The fraction of sp³-hybridized carbons (Fsp3) is 0.391. The summed E-state index contributed by atoms with van der Waals surface area (Å²) in [5.74, 6) is -0.189. The minimum Gasteiger partial charge on any atom is -0.357 e.